The van der Waals surface area contributed by atoms with Crippen LogP contribution in [0.1, 0.15) is 28.4 Å². The summed E-state index contributed by atoms with van der Waals surface area (Å²) in [5, 5.41) is 8.67. The summed E-state index contributed by atoms with van der Waals surface area (Å²) in [6.07, 6.45) is -2.82. The summed E-state index contributed by atoms with van der Waals surface area (Å²) in [7, 11) is 0. The van der Waals surface area contributed by atoms with Gasteiger partial charge in [0.2, 0.25) is 0 Å². The SMILES string of the molecule is CSC(C)C(C(=O)O)C(=O)c1ccc(C(F)(F)F)c(C)c1. The van der Waals surface area contributed by atoms with Gasteiger partial charge in [0.15, 0.2) is 5.78 Å². The lowest BCUT2D eigenvalue weighted by Gasteiger charge is -2.18. The molecule has 21 heavy (non-hydrogen) atoms. The summed E-state index contributed by atoms with van der Waals surface area (Å²) >= 11 is 1.21. The first kappa shape index (κ1) is 17.6. The maximum absolute atomic E-state index is 12.7. The maximum Gasteiger partial charge on any atom is 0.416 e. The molecule has 0 saturated heterocycles. The minimum atomic E-state index is -4.50. The van der Waals surface area contributed by atoms with E-state index in [1.54, 1.807) is 13.2 Å². The first-order valence-corrected chi connectivity index (χ1v) is 7.36. The number of carboxylic acids is 1. The van der Waals surface area contributed by atoms with E-state index in [9.17, 15) is 22.8 Å². The molecule has 0 saturated carbocycles. The number of aryl methyl sites for hydroxylation is 1. The van der Waals surface area contributed by atoms with Gasteiger partial charge in [-0.3, -0.25) is 9.59 Å². The van der Waals surface area contributed by atoms with Crippen molar-refractivity contribution < 1.29 is 27.9 Å². The Balaban J connectivity index is 3.19. The number of hydrogen-bond acceptors (Lipinski definition) is 3. The van der Waals surface area contributed by atoms with Gasteiger partial charge in [0.25, 0.3) is 0 Å². The number of halogens is 3. The second kappa shape index (κ2) is 6.51. The van der Waals surface area contributed by atoms with E-state index >= 15 is 0 Å². The summed E-state index contributed by atoms with van der Waals surface area (Å²) in [5.41, 5.74) is -0.952. The normalized spacial score (nSPS) is 14.6. The van der Waals surface area contributed by atoms with Gasteiger partial charge in [-0.1, -0.05) is 13.0 Å². The van der Waals surface area contributed by atoms with E-state index in [1.165, 1.54) is 18.7 Å². The van der Waals surface area contributed by atoms with Gasteiger partial charge in [0.05, 0.1) is 5.56 Å². The van der Waals surface area contributed by atoms with Gasteiger partial charge in [0, 0.05) is 10.8 Å². The Hall–Kier alpha value is -1.50. The van der Waals surface area contributed by atoms with Crippen LogP contribution in [0.5, 0.6) is 0 Å². The van der Waals surface area contributed by atoms with Crippen molar-refractivity contribution in [1.82, 2.24) is 0 Å². The highest BCUT2D eigenvalue weighted by Crippen LogP contribution is 2.32. The number of alkyl halides is 3. The van der Waals surface area contributed by atoms with Crippen LogP contribution in [0.2, 0.25) is 0 Å². The molecule has 2 unspecified atom stereocenters. The number of carbonyl (C=O) groups is 2. The summed E-state index contributed by atoms with van der Waals surface area (Å²) < 4.78 is 38.0. The molecule has 1 aromatic rings. The number of rotatable bonds is 5. The van der Waals surface area contributed by atoms with Crippen LogP contribution < -0.4 is 0 Å². The predicted molar refractivity (Wildman–Crippen MR) is 74.6 cm³/mol. The largest absolute Gasteiger partial charge is 0.481 e. The lowest BCUT2D eigenvalue weighted by atomic mass is 9.93. The van der Waals surface area contributed by atoms with Gasteiger partial charge in [-0.15, -0.1) is 0 Å². The van der Waals surface area contributed by atoms with E-state index in [1.807, 2.05) is 0 Å². The zero-order chi connectivity index (χ0) is 16.4. The van der Waals surface area contributed by atoms with Crippen molar-refractivity contribution in [3.8, 4) is 0 Å². The Labute approximate surface area is 124 Å². The summed E-state index contributed by atoms with van der Waals surface area (Å²) in [6, 6.07) is 2.93. The fourth-order valence-corrected chi connectivity index (χ4v) is 2.49. The van der Waals surface area contributed by atoms with Crippen LogP contribution in [0.4, 0.5) is 13.2 Å². The third-order valence-electron chi connectivity index (χ3n) is 3.21. The Morgan fingerprint density at radius 2 is 1.86 bits per heavy atom. The molecular formula is C14H15F3O3S. The Bertz CT molecular complexity index is 555. The number of carbonyl (C=O) groups excluding carboxylic acids is 1. The van der Waals surface area contributed by atoms with Gasteiger partial charge in [0.1, 0.15) is 5.92 Å². The van der Waals surface area contributed by atoms with Crippen LogP contribution in [-0.2, 0) is 11.0 Å². The van der Waals surface area contributed by atoms with Crippen molar-refractivity contribution in [1.29, 1.82) is 0 Å². The molecule has 0 aliphatic heterocycles. The number of Topliss-reactive ketones (excluding diaryl/α,β-unsaturated/α-hetero) is 1. The molecule has 0 aliphatic rings. The fourth-order valence-electron chi connectivity index (χ4n) is 1.98. The number of thioether (sulfide) groups is 1. The molecule has 1 N–H and O–H groups in total. The fraction of sp³-hybridized carbons (Fsp3) is 0.429. The summed E-state index contributed by atoms with van der Waals surface area (Å²) in [4.78, 5) is 23.4. The molecule has 1 aromatic carbocycles. The van der Waals surface area contributed by atoms with Crippen LogP contribution >= 0.6 is 11.8 Å². The molecular weight excluding hydrogens is 305 g/mol. The molecule has 2 atom stereocenters. The smallest absolute Gasteiger partial charge is 0.416 e. The van der Waals surface area contributed by atoms with Gasteiger partial charge in [-0.2, -0.15) is 24.9 Å². The minimum Gasteiger partial charge on any atom is -0.481 e. The van der Waals surface area contributed by atoms with Crippen LogP contribution in [-0.4, -0.2) is 28.4 Å². The number of hydrogen-bond donors (Lipinski definition) is 1. The minimum absolute atomic E-state index is 0.0196. The molecule has 0 fully saturated rings. The molecule has 0 aromatic heterocycles. The van der Waals surface area contributed by atoms with E-state index in [4.69, 9.17) is 5.11 Å². The van der Waals surface area contributed by atoms with E-state index in [0.717, 1.165) is 18.2 Å². The number of benzene rings is 1. The lowest BCUT2D eigenvalue weighted by Crippen LogP contribution is -2.31. The first-order chi connectivity index (χ1) is 9.59. The van der Waals surface area contributed by atoms with E-state index < -0.39 is 34.7 Å². The molecule has 0 radical (unpaired) electrons. The number of ketones is 1. The predicted octanol–water partition coefficient (Wildman–Crippen LogP) is 3.65. The zero-order valence-electron chi connectivity index (χ0n) is 11.7. The van der Waals surface area contributed by atoms with Crippen molar-refractivity contribution in [2.24, 2.45) is 5.92 Å². The third-order valence-corrected chi connectivity index (χ3v) is 4.22. The highest BCUT2D eigenvalue weighted by atomic mass is 32.2. The van der Waals surface area contributed by atoms with Crippen LogP contribution in [0.3, 0.4) is 0 Å². The molecule has 3 nitrogen and oxygen atoms in total. The van der Waals surface area contributed by atoms with Gasteiger partial charge in [-0.05, 0) is 30.9 Å². The highest BCUT2D eigenvalue weighted by molar-refractivity contribution is 7.99. The molecule has 0 aliphatic carbocycles. The molecule has 7 heteroatoms. The average molecular weight is 320 g/mol. The average Bonchev–Trinajstić information content (AvgIpc) is 2.36. The standard InChI is InChI=1S/C14H15F3O3S/c1-7-6-9(4-5-10(7)14(15,16)17)12(18)11(13(19)20)8(2)21-3/h4-6,8,11H,1-3H3,(H,19,20). The maximum atomic E-state index is 12.7. The molecule has 1 rings (SSSR count). The number of aliphatic carboxylic acids is 1. The topological polar surface area (TPSA) is 54.4 Å². The van der Waals surface area contributed by atoms with Gasteiger partial charge < -0.3 is 5.11 Å². The molecule has 0 amide bonds. The van der Waals surface area contributed by atoms with Crippen molar-refractivity contribution >= 4 is 23.5 Å². The van der Waals surface area contributed by atoms with Crippen molar-refractivity contribution in [2.45, 2.75) is 25.3 Å². The quantitative estimate of drug-likeness (QED) is 0.664. The van der Waals surface area contributed by atoms with Gasteiger partial charge in [-0.25, -0.2) is 0 Å². The van der Waals surface area contributed by atoms with E-state index in [0.29, 0.717) is 0 Å². The third kappa shape index (κ3) is 4.00. The van der Waals surface area contributed by atoms with Crippen LogP contribution in [0.25, 0.3) is 0 Å². The van der Waals surface area contributed by atoms with E-state index in [-0.39, 0.29) is 11.1 Å². The van der Waals surface area contributed by atoms with Crippen molar-refractivity contribution in [3.63, 3.8) is 0 Å². The second-order valence-corrected chi connectivity index (χ2v) is 5.86. The molecule has 0 bridgehead atoms. The number of carboxylic acid groups (broad SMARTS) is 1. The lowest BCUT2D eigenvalue weighted by molar-refractivity contribution is -0.140. The zero-order valence-corrected chi connectivity index (χ0v) is 12.5. The van der Waals surface area contributed by atoms with Crippen LogP contribution in [0.15, 0.2) is 18.2 Å². The van der Waals surface area contributed by atoms with Crippen molar-refractivity contribution in [2.75, 3.05) is 6.26 Å². The van der Waals surface area contributed by atoms with E-state index in [2.05, 4.69) is 0 Å². The van der Waals surface area contributed by atoms with Gasteiger partial charge >= 0.3 is 12.1 Å². The monoisotopic (exact) mass is 320 g/mol. The Kier molecular flexibility index (Phi) is 5.44. The summed E-state index contributed by atoms with van der Waals surface area (Å²) in [5.74, 6) is -3.24. The van der Waals surface area contributed by atoms with Crippen LogP contribution in [0, 0.1) is 12.8 Å². The highest BCUT2D eigenvalue weighted by Gasteiger charge is 2.35. The van der Waals surface area contributed by atoms with Crippen molar-refractivity contribution in [3.05, 3.63) is 34.9 Å². The molecule has 116 valence electrons. The second-order valence-electron chi connectivity index (χ2n) is 4.65. The molecule has 0 spiro atoms. The Morgan fingerprint density at radius 3 is 2.24 bits per heavy atom. The summed E-state index contributed by atoms with van der Waals surface area (Å²) in [6.45, 7) is 2.84. The first-order valence-electron chi connectivity index (χ1n) is 6.07. The molecule has 0 heterocycles. The Morgan fingerprint density at radius 1 is 1.29 bits per heavy atom.